The molecule has 0 aliphatic carbocycles. The van der Waals surface area contributed by atoms with E-state index in [1.54, 1.807) is 0 Å². The molecule has 0 spiro atoms. The summed E-state index contributed by atoms with van der Waals surface area (Å²) in [6, 6.07) is 4.52. The van der Waals surface area contributed by atoms with Gasteiger partial charge in [0.05, 0.1) is 6.54 Å². The van der Waals surface area contributed by atoms with Crippen LogP contribution in [0.15, 0.2) is 24.5 Å². The second-order valence-electron chi connectivity index (χ2n) is 7.05. The van der Waals surface area contributed by atoms with Crippen molar-refractivity contribution in [3.05, 3.63) is 40.1 Å². The number of nitrogens with zero attached hydrogens (tertiary/aromatic N) is 4. The van der Waals surface area contributed by atoms with Crippen LogP contribution >= 0.6 is 11.3 Å². The molecule has 2 aliphatic rings. The molecule has 1 unspecified atom stereocenters. The Hall–Kier alpha value is -1.17. The molecule has 4 rings (SSSR count). The summed E-state index contributed by atoms with van der Waals surface area (Å²) in [6.07, 6.45) is 6.87. The van der Waals surface area contributed by atoms with Crippen LogP contribution in [0.5, 0.6) is 0 Å². The van der Waals surface area contributed by atoms with E-state index >= 15 is 0 Å². The van der Waals surface area contributed by atoms with Crippen molar-refractivity contribution in [3.8, 4) is 0 Å². The minimum absolute atomic E-state index is 0.699. The first-order chi connectivity index (χ1) is 11.3. The van der Waals surface area contributed by atoms with Gasteiger partial charge >= 0.3 is 0 Å². The Bertz CT molecular complexity index is 641. The van der Waals surface area contributed by atoms with Gasteiger partial charge in [-0.2, -0.15) is 0 Å². The molecular formula is C18H26N4S. The highest BCUT2D eigenvalue weighted by Crippen LogP contribution is 2.23. The zero-order chi connectivity index (χ0) is 15.6. The van der Waals surface area contributed by atoms with Crippen LogP contribution in [0.4, 0.5) is 0 Å². The van der Waals surface area contributed by atoms with E-state index in [2.05, 4.69) is 44.6 Å². The van der Waals surface area contributed by atoms with Crippen LogP contribution in [0, 0.1) is 12.8 Å². The maximum absolute atomic E-state index is 4.59. The number of likely N-dealkylation sites (tertiary alicyclic amines) is 1. The van der Waals surface area contributed by atoms with Gasteiger partial charge in [-0.25, -0.2) is 4.98 Å². The Labute approximate surface area is 142 Å². The molecule has 2 aliphatic heterocycles. The SMILES string of the molecule is Cc1ccc(CN2Cc3nccn3CC(CN3CCCC3)C2)s1. The van der Waals surface area contributed by atoms with Gasteiger partial charge < -0.3 is 9.47 Å². The average Bonchev–Trinajstić information content (AvgIpc) is 3.23. The fourth-order valence-electron chi connectivity index (χ4n) is 3.98. The summed E-state index contributed by atoms with van der Waals surface area (Å²) in [5.41, 5.74) is 0. The molecule has 0 N–H and O–H groups in total. The Morgan fingerprint density at radius 2 is 2.04 bits per heavy atom. The first kappa shape index (κ1) is 15.4. The van der Waals surface area contributed by atoms with Gasteiger partial charge in [0, 0.05) is 54.2 Å². The van der Waals surface area contributed by atoms with E-state index in [1.165, 1.54) is 54.6 Å². The first-order valence-corrected chi connectivity index (χ1v) is 9.58. The van der Waals surface area contributed by atoms with E-state index in [4.69, 9.17) is 0 Å². The molecule has 0 aromatic carbocycles. The minimum atomic E-state index is 0.699. The molecule has 2 aromatic heterocycles. The molecule has 1 saturated heterocycles. The number of aryl methyl sites for hydroxylation is 1. The maximum atomic E-state index is 4.59. The summed E-state index contributed by atoms with van der Waals surface area (Å²) in [7, 11) is 0. The van der Waals surface area contributed by atoms with E-state index in [0.717, 1.165) is 19.6 Å². The largest absolute Gasteiger partial charge is 0.333 e. The predicted octanol–water partition coefficient (Wildman–Crippen LogP) is 2.98. The number of hydrogen-bond donors (Lipinski definition) is 0. The summed E-state index contributed by atoms with van der Waals surface area (Å²) in [6.45, 7) is 10.3. The zero-order valence-electron chi connectivity index (χ0n) is 13.9. The second kappa shape index (κ2) is 6.75. The van der Waals surface area contributed by atoms with E-state index in [9.17, 15) is 0 Å². The van der Waals surface area contributed by atoms with Crippen LogP contribution < -0.4 is 0 Å². The van der Waals surface area contributed by atoms with Gasteiger partial charge in [0.2, 0.25) is 0 Å². The molecular weight excluding hydrogens is 304 g/mol. The van der Waals surface area contributed by atoms with Crippen molar-refractivity contribution < 1.29 is 0 Å². The van der Waals surface area contributed by atoms with Crippen LogP contribution in [0.2, 0.25) is 0 Å². The lowest BCUT2D eigenvalue weighted by atomic mass is 10.1. The zero-order valence-corrected chi connectivity index (χ0v) is 14.8. The van der Waals surface area contributed by atoms with Crippen molar-refractivity contribution in [1.82, 2.24) is 19.4 Å². The molecule has 4 heterocycles. The summed E-state index contributed by atoms with van der Waals surface area (Å²) < 4.78 is 2.38. The van der Waals surface area contributed by atoms with Gasteiger partial charge in [-0.05, 0) is 45.0 Å². The summed E-state index contributed by atoms with van der Waals surface area (Å²) in [4.78, 5) is 12.7. The summed E-state index contributed by atoms with van der Waals surface area (Å²) in [5, 5.41) is 0. The van der Waals surface area contributed by atoms with Crippen LogP contribution in [-0.2, 0) is 19.6 Å². The molecule has 1 fully saturated rings. The fourth-order valence-corrected chi connectivity index (χ4v) is 4.91. The van der Waals surface area contributed by atoms with Crippen molar-refractivity contribution in [3.63, 3.8) is 0 Å². The number of hydrogen-bond acceptors (Lipinski definition) is 4. The van der Waals surface area contributed by atoms with Gasteiger partial charge in [-0.1, -0.05) is 0 Å². The highest BCUT2D eigenvalue weighted by Gasteiger charge is 2.25. The van der Waals surface area contributed by atoms with Crippen molar-refractivity contribution in [1.29, 1.82) is 0 Å². The molecule has 1 atom stereocenters. The lowest BCUT2D eigenvalue weighted by molar-refractivity contribution is 0.183. The quantitative estimate of drug-likeness (QED) is 0.861. The molecule has 2 aromatic rings. The Morgan fingerprint density at radius 1 is 1.17 bits per heavy atom. The smallest absolute Gasteiger partial charge is 0.122 e. The predicted molar refractivity (Wildman–Crippen MR) is 94.6 cm³/mol. The molecule has 4 nitrogen and oxygen atoms in total. The molecule has 0 saturated carbocycles. The molecule has 23 heavy (non-hydrogen) atoms. The summed E-state index contributed by atoms with van der Waals surface area (Å²) >= 11 is 1.93. The summed E-state index contributed by atoms with van der Waals surface area (Å²) in [5.74, 6) is 1.92. The van der Waals surface area contributed by atoms with Gasteiger partial charge in [0.15, 0.2) is 0 Å². The third-order valence-electron chi connectivity index (χ3n) is 5.03. The number of thiophene rings is 1. The molecule has 124 valence electrons. The van der Waals surface area contributed by atoms with Gasteiger partial charge in [0.1, 0.15) is 5.82 Å². The number of imidazole rings is 1. The van der Waals surface area contributed by atoms with E-state index in [0.29, 0.717) is 5.92 Å². The van der Waals surface area contributed by atoms with Crippen LogP contribution in [0.1, 0.15) is 28.4 Å². The Kier molecular flexibility index (Phi) is 4.51. The van der Waals surface area contributed by atoms with Crippen LogP contribution in [-0.4, -0.2) is 45.5 Å². The third kappa shape index (κ3) is 3.67. The lowest BCUT2D eigenvalue weighted by Crippen LogP contribution is -2.35. The Balaban J connectivity index is 1.49. The fraction of sp³-hybridized carbons (Fsp3) is 0.611. The van der Waals surface area contributed by atoms with Crippen LogP contribution in [0.25, 0.3) is 0 Å². The highest BCUT2D eigenvalue weighted by molar-refractivity contribution is 7.11. The third-order valence-corrected chi connectivity index (χ3v) is 6.01. The highest BCUT2D eigenvalue weighted by atomic mass is 32.1. The molecule has 0 radical (unpaired) electrons. The number of aromatic nitrogens is 2. The van der Waals surface area contributed by atoms with Crippen molar-refractivity contribution in [2.24, 2.45) is 5.92 Å². The second-order valence-corrected chi connectivity index (χ2v) is 8.42. The maximum Gasteiger partial charge on any atom is 0.122 e. The van der Waals surface area contributed by atoms with Crippen molar-refractivity contribution in [2.45, 2.75) is 39.4 Å². The number of fused-ring (bicyclic) bond motifs is 1. The standard InChI is InChI=1S/C18H26N4S/c1-15-4-5-17(23-15)13-21-11-16(10-20-7-2-3-8-20)12-22-9-6-19-18(22)14-21/h4-6,9,16H,2-3,7-8,10-14H2,1H3. The monoisotopic (exact) mass is 330 g/mol. The van der Waals surface area contributed by atoms with Gasteiger partial charge in [-0.15, -0.1) is 11.3 Å². The number of rotatable bonds is 4. The average molecular weight is 331 g/mol. The van der Waals surface area contributed by atoms with E-state index < -0.39 is 0 Å². The first-order valence-electron chi connectivity index (χ1n) is 8.76. The van der Waals surface area contributed by atoms with E-state index in [-0.39, 0.29) is 0 Å². The lowest BCUT2D eigenvalue weighted by Gasteiger charge is -2.26. The topological polar surface area (TPSA) is 24.3 Å². The molecule has 0 amide bonds. The van der Waals surface area contributed by atoms with Crippen LogP contribution in [0.3, 0.4) is 0 Å². The van der Waals surface area contributed by atoms with Gasteiger partial charge in [0.25, 0.3) is 0 Å². The normalized spacial score (nSPS) is 23.1. The minimum Gasteiger partial charge on any atom is -0.333 e. The van der Waals surface area contributed by atoms with Gasteiger partial charge in [-0.3, -0.25) is 4.90 Å². The van der Waals surface area contributed by atoms with Crippen molar-refractivity contribution >= 4 is 11.3 Å². The Morgan fingerprint density at radius 3 is 2.83 bits per heavy atom. The van der Waals surface area contributed by atoms with E-state index in [1.807, 2.05) is 17.5 Å². The molecule has 0 bridgehead atoms. The molecule has 5 heteroatoms. The van der Waals surface area contributed by atoms with Crippen molar-refractivity contribution in [2.75, 3.05) is 26.2 Å².